The summed E-state index contributed by atoms with van der Waals surface area (Å²) in [6.45, 7) is 4.26. The van der Waals surface area contributed by atoms with Crippen molar-refractivity contribution in [2.75, 3.05) is 6.61 Å². The molecule has 90 valence electrons. The third-order valence-corrected chi connectivity index (χ3v) is 2.56. The molecule has 0 amide bonds. The van der Waals surface area contributed by atoms with Gasteiger partial charge < -0.3 is 14.4 Å². The molecule has 1 N–H and O–H groups in total. The van der Waals surface area contributed by atoms with Gasteiger partial charge in [-0.05, 0) is 26.0 Å². The number of benzene rings is 1. The monoisotopic (exact) mass is 233 g/mol. The number of hydrogen-bond donors (Lipinski definition) is 1. The minimum absolute atomic E-state index is 0.0798. The Kier molecular flexibility index (Phi) is 3.44. The second-order valence-electron chi connectivity index (χ2n) is 3.68. The molecule has 0 aliphatic carbocycles. The summed E-state index contributed by atoms with van der Waals surface area (Å²) in [6, 6.07) is 7.59. The van der Waals surface area contributed by atoms with Crippen LogP contribution in [0.4, 0.5) is 0 Å². The second-order valence-corrected chi connectivity index (χ2v) is 3.68. The van der Waals surface area contributed by atoms with Gasteiger partial charge in [0.25, 0.3) is 0 Å². The van der Waals surface area contributed by atoms with Crippen molar-refractivity contribution in [1.82, 2.24) is 5.16 Å². The molecule has 2 rings (SSSR count). The van der Waals surface area contributed by atoms with Crippen molar-refractivity contribution in [3.05, 3.63) is 35.6 Å². The Bertz CT molecular complexity index is 505. The molecular weight excluding hydrogens is 218 g/mol. The summed E-state index contributed by atoms with van der Waals surface area (Å²) in [6.07, 6.45) is 0. The minimum atomic E-state index is -0.0798. The molecule has 4 nitrogen and oxygen atoms in total. The van der Waals surface area contributed by atoms with Crippen LogP contribution in [0.25, 0.3) is 11.3 Å². The summed E-state index contributed by atoms with van der Waals surface area (Å²) >= 11 is 0. The highest BCUT2D eigenvalue weighted by Crippen LogP contribution is 2.27. The van der Waals surface area contributed by atoms with Gasteiger partial charge in [-0.15, -0.1) is 0 Å². The number of aryl methyl sites for hydroxylation is 1. The van der Waals surface area contributed by atoms with Gasteiger partial charge in [-0.25, -0.2) is 0 Å². The summed E-state index contributed by atoms with van der Waals surface area (Å²) < 4.78 is 10.5. The van der Waals surface area contributed by atoms with Gasteiger partial charge in [-0.1, -0.05) is 17.3 Å². The van der Waals surface area contributed by atoms with Gasteiger partial charge in [0, 0.05) is 11.1 Å². The zero-order valence-electron chi connectivity index (χ0n) is 9.93. The number of ether oxygens (including phenoxy) is 1. The third kappa shape index (κ3) is 2.31. The fourth-order valence-electron chi connectivity index (χ4n) is 1.70. The highest BCUT2D eigenvalue weighted by Gasteiger charge is 2.13. The molecule has 0 fully saturated rings. The van der Waals surface area contributed by atoms with Gasteiger partial charge in [-0.3, -0.25) is 0 Å². The zero-order chi connectivity index (χ0) is 12.3. The Morgan fingerprint density at radius 1 is 1.41 bits per heavy atom. The molecule has 1 aromatic heterocycles. The van der Waals surface area contributed by atoms with Crippen LogP contribution in [0.5, 0.6) is 5.75 Å². The van der Waals surface area contributed by atoms with E-state index in [9.17, 15) is 5.11 Å². The lowest BCUT2D eigenvalue weighted by molar-refractivity contribution is 0.278. The maximum absolute atomic E-state index is 9.29. The molecule has 0 aliphatic heterocycles. The predicted octanol–water partition coefficient (Wildman–Crippen LogP) is 2.54. The molecule has 1 heterocycles. The van der Waals surface area contributed by atoms with Crippen molar-refractivity contribution < 1.29 is 14.4 Å². The van der Waals surface area contributed by atoms with E-state index in [-0.39, 0.29) is 6.61 Å². The van der Waals surface area contributed by atoms with E-state index in [1.165, 1.54) is 0 Å². The lowest BCUT2D eigenvalue weighted by Crippen LogP contribution is -1.92. The molecule has 0 atom stereocenters. The largest absolute Gasteiger partial charge is 0.494 e. The van der Waals surface area contributed by atoms with Crippen LogP contribution in [-0.2, 0) is 6.61 Å². The lowest BCUT2D eigenvalue weighted by atomic mass is 10.1. The predicted molar refractivity (Wildman–Crippen MR) is 63.8 cm³/mol. The summed E-state index contributed by atoms with van der Waals surface area (Å²) in [5.74, 6) is 1.43. The van der Waals surface area contributed by atoms with E-state index in [1.807, 2.05) is 31.2 Å². The van der Waals surface area contributed by atoms with Gasteiger partial charge in [0.2, 0.25) is 0 Å². The van der Waals surface area contributed by atoms with Crippen molar-refractivity contribution in [3.63, 3.8) is 0 Å². The molecule has 2 aromatic rings. The highest BCUT2D eigenvalue weighted by molar-refractivity contribution is 5.64. The number of rotatable bonds is 4. The number of aromatic nitrogens is 1. The average Bonchev–Trinajstić information content (AvgIpc) is 2.71. The zero-order valence-corrected chi connectivity index (χ0v) is 9.93. The van der Waals surface area contributed by atoms with E-state index in [0.29, 0.717) is 18.1 Å². The molecule has 17 heavy (non-hydrogen) atoms. The van der Waals surface area contributed by atoms with Crippen LogP contribution in [0.2, 0.25) is 0 Å². The molecule has 0 radical (unpaired) electrons. The fraction of sp³-hybridized carbons (Fsp3) is 0.308. The summed E-state index contributed by atoms with van der Waals surface area (Å²) in [7, 11) is 0. The molecule has 0 saturated carbocycles. The van der Waals surface area contributed by atoms with Gasteiger partial charge in [0.1, 0.15) is 17.2 Å². The first kappa shape index (κ1) is 11.7. The maximum Gasteiger partial charge on any atom is 0.139 e. The molecular formula is C13H15NO3. The van der Waals surface area contributed by atoms with Crippen LogP contribution in [0.1, 0.15) is 18.2 Å². The van der Waals surface area contributed by atoms with Crippen molar-refractivity contribution in [2.45, 2.75) is 20.5 Å². The minimum Gasteiger partial charge on any atom is -0.494 e. The van der Waals surface area contributed by atoms with Crippen LogP contribution >= 0.6 is 0 Å². The molecule has 0 unspecified atom stereocenters. The molecule has 0 aliphatic rings. The first-order valence-corrected chi connectivity index (χ1v) is 5.55. The highest BCUT2D eigenvalue weighted by atomic mass is 16.5. The molecule has 1 aromatic carbocycles. The van der Waals surface area contributed by atoms with E-state index < -0.39 is 0 Å². The van der Waals surface area contributed by atoms with Crippen LogP contribution in [0.15, 0.2) is 28.8 Å². The standard InChI is InChI=1S/C13H15NO3/c1-3-16-11-6-4-5-10(7-11)13-12(8-15)9(2)17-14-13/h4-7,15H,3,8H2,1-2H3. The topological polar surface area (TPSA) is 55.5 Å². The van der Waals surface area contributed by atoms with Crippen LogP contribution < -0.4 is 4.74 Å². The van der Waals surface area contributed by atoms with Crippen molar-refractivity contribution >= 4 is 0 Å². The Balaban J connectivity index is 2.41. The van der Waals surface area contributed by atoms with E-state index in [0.717, 1.165) is 16.9 Å². The number of aliphatic hydroxyl groups is 1. The van der Waals surface area contributed by atoms with Crippen LogP contribution in [0, 0.1) is 6.92 Å². The van der Waals surface area contributed by atoms with E-state index in [4.69, 9.17) is 9.26 Å². The summed E-state index contributed by atoms with van der Waals surface area (Å²) in [4.78, 5) is 0. The normalized spacial score (nSPS) is 10.5. The quantitative estimate of drug-likeness (QED) is 0.881. The SMILES string of the molecule is CCOc1cccc(-c2noc(C)c2CO)c1. The van der Waals surface area contributed by atoms with Crippen LogP contribution in [-0.4, -0.2) is 16.9 Å². The van der Waals surface area contributed by atoms with E-state index in [2.05, 4.69) is 5.16 Å². The molecule has 0 saturated heterocycles. The Morgan fingerprint density at radius 3 is 2.94 bits per heavy atom. The van der Waals surface area contributed by atoms with Crippen molar-refractivity contribution in [2.24, 2.45) is 0 Å². The summed E-state index contributed by atoms with van der Waals surface area (Å²) in [5.41, 5.74) is 2.28. The Labute approximate surface area is 99.8 Å². The molecule has 0 spiro atoms. The number of hydrogen-bond acceptors (Lipinski definition) is 4. The van der Waals surface area contributed by atoms with Gasteiger partial charge >= 0.3 is 0 Å². The maximum atomic E-state index is 9.29. The first-order chi connectivity index (χ1) is 8.26. The van der Waals surface area contributed by atoms with Crippen LogP contribution in [0.3, 0.4) is 0 Å². The van der Waals surface area contributed by atoms with Gasteiger partial charge in [0.15, 0.2) is 0 Å². The van der Waals surface area contributed by atoms with Crippen molar-refractivity contribution in [1.29, 1.82) is 0 Å². The Hall–Kier alpha value is -1.81. The lowest BCUT2D eigenvalue weighted by Gasteiger charge is -2.04. The molecule has 4 heteroatoms. The average molecular weight is 233 g/mol. The molecule has 0 bridgehead atoms. The number of aliphatic hydroxyl groups excluding tert-OH is 1. The second kappa shape index (κ2) is 5.01. The van der Waals surface area contributed by atoms with Gasteiger partial charge in [-0.2, -0.15) is 0 Å². The smallest absolute Gasteiger partial charge is 0.139 e. The van der Waals surface area contributed by atoms with Crippen molar-refractivity contribution in [3.8, 4) is 17.0 Å². The Morgan fingerprint density at radius 2 is 2.24 bits per heavy atom. The van der Waals surface area contributed by atoms with Gasteiger partial charge in [0.05, 0.1) is 13.2 Å². The first-order valence-electron chi connectivity index (χ1n) is 5.55. The van der Waals surface area contributed by atoms with E-state index >= 15 is 0 Å². The third-order valence-electron chi connectivity index (χ3n) is 2.56. The van der Waals surface area contributed by atoms with E-state index in [1.54, 1.807) is 6.92 Å². The fourth-order valence-corrected chi connectivity index (χ4v) is 1.70. The number of nitrogens with zero attached hydrogens (tertiary/aromatic N) is 1. The summed E-state index contributed by atoms with van der Waals surface area (Å²) in [5, 5.41) is 13.3.